The van der Waals surface area contributed by atoms with E-state index in [1.54, 1.807) is 11.3 Å². The smallest absolute Gasteiger partial charge is 0.234 e. The van der Waals surface area contributed by atoms with Crippen molar-refractivity contribution in [1.82, 2.24) is 10.2 Å². The number of amides is 1. The highest BCUT2D eigenvalue weighted by Gasteiger charge is 2.12. The number of carbonyl (C=O) groups excluding carboxylic acids is 1. The van der Waals surface area contributed by atoms with Gasteiger partial charge < -0.3 is 5.32 Å². The fourth-order valence-corrected chi connectivity index (χ4v) is 3.34. The SMILES string of the molecule is Cc1ccsc1CNC(=O)CN1CCCCCCC1. The van der Waals surface area contributed by atoms with Crippen molar-refractivity contribution in [3.05, 3.63) is 21.9 Å². The van der Waals surface area contributed by atoms with Crippen LogP contribution in [0.5, 0.6) is 0 Å². The molecule has 0 aliphatic carbocycles. The fourth-order valence-electron chi connectivity index (χ4n) is 2.49. The first-order chi connectivity index (χ1) is 9.25. The van der Waals surface area contributed by atoms with Crippen LogP contribution in [0.1, 0.15) is 42.5 Å². The summed E-state index contributed by atoms with van der Waals surface area (Å²) in [4.78, 5) is 15.5. The van der Waals surface area contributed by atoms with Gasteiger partial charge in [-0.3, -0.25) is 9.69 Å². The monoisotopic (exact) mass is 280 g/mol. The van der Waals surface area contributed by atoms with Crippen LogP contribution >= 0.6 is 11.3 Å². The van der Waals surface area contributed by atoms with Crippen LogP contribution in [0.3, 0.4) is 0 Å². The van der Waals surface area contributed by atoms with Crippen molar-refractivity contribution in [2.75, 3.05) is 19.6 Å². The highest BCUT2D eigenvalue weighted by atomic mass is 32.1. The summed E-state index contributed by atoms with van der Waals surface area (Å²) >= 11 is 1.72. The molecule has 2 heterocycles. The minimum atomic E-state index is 0.161. The molecule has 3 nitrogen and oxygen atoms in total. The van der Waals surface area contributed by atoms with Crippen LogP contribution in [0, 0.1) is 6.92 Å². The molecule has 1 aromatic rings. The van der Waals surface area contributed by atoms with E-state index < -0.39 is 0 Å². The molecule has 1 N–H and O–H groups in total. The minimum absolute atomic E-state index is 0.161. The van der Waals surface area contributed by atoms with Gasteiger partial charge in [-0.1, -0.05) is 19.3 Å². The molecule has 0 atom stereocenters. The first-order valence-corrected chi connectivity index (χ1v) is 8.15. The van der Waals surface area contributed by atoms with Gasteiger partial charge in [-0.25, -0.2) is 0 Å². The largest absolute Gasteiger partial charge is 0.350 e. The molecule has 1 aliphatic heterocycles. The van der Waals surface area contributed by atoms with E-state index in [0.29, 0.717) is 13.1 Å². The zero-order valence-electron chi connectivity index (χ0n) is 11.8. The lowest BCUT2D eigenvalue weighted by Gasteiger charge is -2.23. The van der Waals surface area contributed by atoms with Gasteiger partial charge in [0.1, 0.15) is 0 Å². The highest BCUT2D eigenvalue weighted by molar-refractivity contribution is 7.10. The number of likely N-dealkylation sites (tertiary alicyclic amines) is 1. The normalized spacial score (nSPS) is 17.7. The van der Waals surface area contributed by atoms with E-state index in [2.05, 4.69) is 28.6 Å². The van der Waals surface area contributed by atoms with Crippen molar-refractivity contribution in [2.24, 2.45) is 0 Å². The predicted molar refractivity (Wildman–Crippen MR) is 80.4 cm³/mol. The maximum absolute atomic E-state index is 12.0. The lowest BCUT2D eigenvalue weighted by Crippen LogP contribution is -2.38. The zero-order valence-corrected chi connectivity index (χ0v) is 12.6. The van der Waals surface area contributed by atoms with Crippen LogP contribution in [0.15, 0.2) is 11.4 Å². The molecule has 0 bridgehead atoms. The second-order valence-electron chi connectivity index (χ2n) is 5.35. The van der Waals surface area contributed by atoms with Crippen LogP contribution < -0.4 is 5.32 Å². The molecular formula is C15H24N2OS. The molecule has 1 fully saturated rings. The molecule has 1 saturated heterocycles. The molecule has 2 rings (SSSR count). The van der Waals surface area contributed by atoms with Gasteiger partial charge in [0.25, 0.3) is 0 Å². The molecule has 0 saturated carbocycles. The maximum atomic E-state index is 12.0. The molecule has 0 spiro atoms. The minimum Gasteiger partial charge on any atom is -0.350 e. The Kier molecular flexibility index (Phi) is 5.86. The summed E-state index contributed by atoms with van der Waals surface area (Å²) in [6, 6.07) is 2.10. The molecule has 1 aliphatic rings. The molecule has 0 aromatic carbocycles. The van der Waals surface area contributed by atoms with Crippen LogP contribution in [-0.4, -0.2) is 30.4 Å². The molecular weight excluding hydrogens is 256 g/mol. The van der Waals surface area contributed by atoms with Crippen molar-refractivity contribution in [1.29, 1.82) is 0 Å². The van der Waals surface area contributed by atoms with Crippen LogP contribution in [0.2, 0.25) is 0 Å². The van der Waals surface area contributed by atoms with Crippen LogP contribution in [-0.2, 0) is 11.3 Å². The van der Waals surface area contributed by atoms with Gasteiger partial charge in [-0.05, 0) is 49.9 Å². The zero-order chi connectivity index (χ0) is 13.5. The Balaban J connectivity index is 1.72. The van der Waals surface area contributed by atoms with Gasteiger partial charge in [0.15, 0.2) is 0 Å². The number of aryl methyl sites for hydroxylation is 1. The summed E-state index contributed by atoms with van der Waals surface area (Å²) in [7, 11) is 0. The van der Waals surface area contributed by atoms with Crippen LogP contribution in [0.25, 0.3) is 0 Å². The number of carbonyl (C=O) groups is 1. The van der Waals surface area contributed by atoms with E-state index in [0.717, 1.165) is 13.1 Å². The number of thiophene rings is 1. The van der Waals surface area contributed by atoms with E-state index in [9.17, 15) is 4.79 Å². The Hall–Kier alpha value is -0.870. The number of hydrogen-bond acceptors (Lipinski definition) is 3. The number of hydrogen-bond donors (Lipinski definition) is 1. The number of rotatable bonds is 4. The van der Waals surface area contributed by atoms with Crippen molar-refractivity contribution in [2.45, 2.75) is 45.6 Å². The summed E-state index contributed by atoms with van der Waals surface area (Å²) in [5.74, 6) is 0.161. The Morgan fingerprint density at radius 3 is 2.58 bits per heavy atom. The second kappa shape index (κ2) is 7.65. The molecule has 0 radical (unpaired) electrons. The Morgan fingerprint density at radius 1 is 1.26 bits per heavy atom. The summed E-state index contributed by atoms with van der Waals surface area (Å²) in [5.41, 5.74) is 1.27. The first-order valence-electron chi connectivity index (χ1n) is 7.28. The van der Waals surface area contributed by atoms with Gasteiger partial charge in [0.05, 0.1) is 13.1 Å². The van der Waals surface area contributed by atoms with E-state index in [-0.39, 0.29) is 5.91 Å². The van der Waals surface area contributed by atoms with Gasteiger partial charge in [0, 0.05) is 4.88 Å². The third-order valence-electron chi connectivity index (χ3n) is 3.73. The third-order valence-corrected chi connectivity index (χ3v) is 4.75. The fraction of sp³-hybridized carbons (Fsp3) is 0.667. The Morgan fingerprint density at radius 2 is 1.95 bits per heavy atom. The quantitative estimate of drug-likeness (QED) is 0.919. The Labute approximate surface area is 120 Å². The molecule has 106 valence electrons. The summed E-state index contributed by atoms with van der Waals surface area (Å²) < 4.78 is 0. The topological polar surface area (TPSA) is 32.3 Å². The molecule has 1 amide bonds. The highest BCUT2D eigenvalue weighted by Crippen LogP contribution is 2.15. The number of nitrogens with one attached hydrogen (secondary N) is 1. The van der Waals surface area contributed by atoms with Crippen molar-refractivity contribution < 1.29 is 4.79 Å². The van der Waals surface area contributed by atoms with Crippen molar-refractivity contribution in [3.63, 3.8) is 0 Å². The molecule has 0 unspecified atom stereocenters. The predicted octanol–water partition coefficient (Wildman–Crippen LogP) is 2.94. The van der Waals surface area contributed by atoms with Gasteiger partial charge in [-0.2, -0.15) is 0 Å². The van der Waals surface area contributed by atoms with E-state index in [1.807, 2.05) is 0 Å². The average Bonchev–Trinajstić information content (AvgIpc) is 2.76. The molecule has 4 heteroatoms. The summed E-state index contributed by atoms with van der Waals surface area (Å²) in [6.45, 7) is 5.48. The second-order valence-corrected chi connectivity index (χ2v) is 6.35. The summed E-state index contributed by atoms with van der Waals surface area (Å²) in [6.07, 6.45) is 6.45. The van der Waals surface area contributed by atoms with Gasteiger partial charge in [0.2, 0.25) is 5.91 Å². The standard InChI is InChI=1S/C15H24N2OS/c1-13-7-10-19-14(13)11-16-15(18)12-17-8-5-3-2-4-6-9-17/h7,10H,2-6,8-9,11-12H2,1H3,(H,16,18). The molecule has 19 heavy (non-hydrogen) atoms. The van der Waals surface area contributed by atoms with Gasteiger partial charge >= 0.3 is 0 Å². The lowest BCUT2D eigenvalue weighted by atomic mass is 10.1. The average molecular weight is 280 g/mol. The third kappa shape index (κ3) is 4.96. The van der Waals surface area contributed by atoms with Gasteiger partial charge in [-0.15, -0.1) is 11.3 Å². The van der Waals surface area contributed by atoms with E-state index in [1.165, 1.54) is 42.5 Å². The lowest BCUT2D eigenvalue weighted by molar-refractivity contribution is -0.122. The van der Waals surface area contributed by atoms with Crippen LogP contribution in [0.4, 0.5) is 0 Å². The maximum Gasteiger partial charge on any atom is 0.234 e. The Bertz CT molecular complexity index is 395. The number of nitrogens with zero attached hydrogens (tertiary/aromatic N) is 1. The van der Waals surface area contributed by atoms with E-state index >= 15 is 0 Å². The van der Waals surface area contributed by atoms with Crippen molar-refractivity contribution >= 4 is 17.2 Å². The summed E-state index contributed by atoms with van der Waals surface area (Å²) in [5, 5.41) is 5.12. The molecule has 1 aromatic heterocycles. The van der Waals surface area contributed by atoms with Crippen molar-refractivity contribution in [3.8, 4) is 0 Å². The first kappa shape index (κ1) is 14.5. The van der Waals surface area contributed by atoms with E-state index in [4.69, 9.17) is 0 Å².